The number of carbonyl (C=O) groups excluding carboxylic acids is 1. The summed E-state index contributed by atoms with van der Waals surface area (Å²) in [4.78, 5) is 36.2. The smallest absolute Gasteiger partial charge is 0.311 e. The highest BCUT2D eigenvalue weighted by molar-refractivity contribution is 5.93. The Hall–Kier alpha value is -2.19. The van der Waals surface area contributed by atoms with E-state index in [9.17, 15) is 24.8 Å². The van der Waals surface area contributed by atoms with Gasteiger partial charge in [-0.2, -0.15) is 0 Å². The first-order valence-corrected chi connectivity index (χ1v) is 8.32. The van der Waals surface area contributed by atoms with Gasteiger partial charge in [0.05, 0.1) is 16.9 Å². The van der Waals surface area contributed by atoms with E-state index in [2.05, 4.69) is 5.32 Å². The number of non-ortho nitro benzene ring substituents is 1. The average Bonchev–Trinajstić information content (AvgIpc) is 3.06. The third-order valence-corrected chi connectivity index (χ3v) is 5.43. The summed E-state index contributed by atoms with van der Waals surface area (Å²) in [6.07, 6.45) is 2.50. The monoisotopic (exact) mass is 383 g/mol. The van der Waals surface area contributed by atoms with Crippen LogP contribution in [0.5, 0.6) is 0 Å². The van der Waals surface area contributed by atoms with Crippen LogP contribution in [0.2, 0.25) is 0 Å². The summed E-state index contributed by atoms with van der Waals surface area (Å²) in [6.45, 7) is 2.85. The van der Waals surface area contributed by atoms with Gasteiger partial charge in [-0.1, -0.05) is 6.42 Å². The van der Waals surface area contributed by atoms with Gasteiger partial charge in [0.1, 0.15) is 0 Å². The SMILES string of the molecule is Cc1cc([N+](=O)[O-])ccc1NC(=O)CN1C[C@@H]2CCC[C@@]2(C(=O)O)C1.Cl. The first kappa shape index (κ1) is 20.1. The number of nitro groups is 1. The van der Waals surface area contributed by atoms with Crippen LogP contribution in [0.15, 0.2) is 18.2 Å². The molecule has 1 saturated carbocycles. The minimum Gasteiger partial charge on any atom is -0.481 e. The Kier molecular flexibility index (Phi) is 5.87. The Labute approximate surface area is 157 Å². The lowest BCUT2D eigenvalue weighted by atomic mass is 9.81. The van der Waals surface area contributed by atoms with E-state index in [0.717, 1.165) is 12.8 Å². The number of nitro benzene ring substituents is 1. The second-order valence-electron chi connectivity index (χ2n) is 7.02. The molecule has 1 aromatic carbocycles. The number of rotatable bonds is 5. The molecular weight excluding hydrogens is 362 g/mol. The van der Waals surface area contributed by atoms with Crippen molar-refractivity contribution in [2.45, 2.75) is 26.2 Å². The van der Waals surface area contributed by atoms with Crippen LogP contribution >= 0.6 is 12.4 Å². The zero-order valence-corrected chi connectivity index (χ0v) is 15.3. The summed E-state index contributed by atoms with van der Waals surface area (Å²) in [7, 11) is 0. The lowest BCUT2D eigenvalue weighted by molar-refractivity contribution is -0.384. The molecule has 1 heterocycles. The summed E-state index contributed by atoms with van der Waals surface area (Å²) >= 11 is 0. The molecule has 2 N–H and O–H groups in total. The summed E-state index contributed by atoms with van der Waals surface area (Å²) in [6, 6.07) is 4.28. The number of halogens is 1. The molecular formula is C17H22ClN3O5. The minimum absolute atomic E-state index is 0. The van der Waals surface area contributed by atoms with Gasteiger partial charge in [-0.3, -0.25) is 24.6 Å². The van der Waals surface area contributed by atoms with Crippen LogP contribution < -0.4 is 5.32 Å². The van der Waals surface area contributed by atoms with E-state index < -0.39 is 16.3 Å². The molecule has 0 radical (unpaired) electrons. The van der Waals surface area contributed by atoms with Gasteiger partial charge in [-0.05, 0) is 37.3 Å². The number of hydrogen-bond acceptors (Lipinski definition) is 5. The van der Waals surface area contributed by atoms with Crippen molar-refractivity contribution < 1.29 is 19.6 Å². The zero-order chi connectivity index (χ0) is 18.2. The second-order valence-corrected chi connectivity index (χ2v) is 7.02. The third-order valence-electron chi connectivity index (χ3n) is 5.43. The van der Waals surface area contributed by atoms with E-state index in [-0.39, 0.29) is 36.5 Å². The fraction of sp³-hybridized carbons (Fsp3) is 0.529. The lowest BCUT2D eigenvalue weighted by Crippen LogP contribution is -2.37. The van der Waals surface area contributed by atoms with E-state index >= 15 is 0 Å². The minimum atomic E-state index is -0.760. The van der Waals surface area contributed by atoms with E-state index in [1.807, 2.05) is 4.90 Å². The van der Waals surface area contributed by atoms with Crippen molar-refractivity contribution in [2.75, 3.05) is 25.0 Å². The van der Waals surface area contributed by atoms with Crippen molar-refractivity contribution in [3.05, 3.63) is 33.9 Å². The molecule has 0 spiro atoms. The highest BCUT2D eigenvalue weighted by Crippen LogP contribution is 2.48. The number of benzene rings is 1. The molecule has 1 aliphatic carbocycles. The number of aliphatic carboxylic acids is 1. The normalized spacial score (nSPS) is 24.6. The van der Waals surface area contributed by atoms with Crippen molar-refractivity contribution >= 4 is 35.7 Å². The first-order chi connectivity index (χ1) is 11.8. The number of amides is 1. The molecule has 0 bridgehead atoms. The second kappa shape index (κ2) is 7.59. The van der Waals surface area contributed by atoms with Crippen molar-refractivity contribution in [3.63, 3.8) is 0 Å². The fourth-order valence-electron chi connectivity index (χ4n) is 4.16. The number of carboxylic acid groups (broad SMARTS) is 1. The van der Waals surface area contributed by atoms with E-state index in [0.29, 0.717) is 30.8 Å². The molecule has 3 rings (SSSR count). The van der Waals surface area contributed by atoms with Gasteiger partial charge in [0.2, 0.25) is 5.91 Å². The maximum atomic E-state index is 12.3. The van der Waals surface area contributed by atoms with Crippen LogP contribution in [0.1, 0.15) is 24.8 Å². The third kappa shape index (κ3) is 3.66. The Morgan fingerprint density at radius 3 is 2.77 bits per heavy atom. The van der Waals surface area contributed by atoms with E-state index in [1.54, 1.807) is 6.92 Å². The maximum Gasteiger partial charge on any atom is 0.311 e. The van der Waals surface area contributed by atoms with Crippen LogP contribution in [0.25, 0.3) is 0 Å². The number of nitrogens with zero attached hydrogens (tertiary/aromatic N) is 2. The predicted octanol–water partition coefficient (Wildman–Crippen LogP) is 2.45. The number of aryl methyl sites for hydroxylation is 1. The Morgan fingerprint density at radius 2 is 2.19 bits per heavy atom. The van der Waals surface area contributed by atoms with Gasteiger partial charge >= 0.3 is 5.97 Å². The van der Waals surface area contributed by atoms with Crippen LogP contribution in [-0.2, 0) is 9.59 Å². The molecule has 1 aliphatic heterocycles. The number of fused-ring (bicyclic) bond motifs is 1. The molecule has 0 unspecified atom stereocenters. The Balaban J connectivity index is 0.00000243. The van der Waals surface area contributed by atoms with Crippen molar-refractivity contribution in [3.8, 4) is 0 Å². The highest BCUT2D eigenvalue weighted by Gasteiger charge is 2.54. The predicted molar refractivity (Wildman–Crippen MR) is 97.6 cm³/mol. The summed E-state index contributed by atoms with van der Waals surface area (Å²) in [5, 5.41) is 23.1. The van der Waals surface area contributed by atoms with Crippen LogP contribution in [0, 0.1) is 28.4 Å². The van der Waals surface area contributed by atoms with Crippen LogP contribution in [-0.4, -0.2) is 46.4 Å². The first-order valence-electron chi connectivity index (χ1n) is 8.32. The van der Waals surface area contributed by atoms with Crippen LogP contribution in [0.4, 0.5) is 11.4 Å². The van der Waals surface area contributed by atoms with Crippen molar-refractivity contribution in [1.82, 2.24) is 4.90 Å². The van der Waals surface area contributed by atoms with Gasteiger partial charge in [0, 0.05) is 30.9 Å². The number of carboxylic acids is 1. The number of likely N-dealkylation sites (tertiary alicyclic amines) is 1. The molecule has 9 heteroatoms. The molecule has 1 aromatic rings. The van der Waals surface area contributed by atoms with Gasteiger partial charge in [0.25, 0.3) is 5.69 Å². The average molecular weight is 384 g/mol. The Bertz CT molecular complexity index is 741. The number of anilines is 1. The number of nitrogens with one attached hydrogen (secondary N) is 1. The Morgan fingerprint density at radius 1 is 1.46 bits per heavy atom. The molecule has 2 atom stereocenters. The number of hydrogen-bond donors (Lipinski definition) is 2. The summed E-state index contributed by atoms with van der Waals surface area (Å²) in [5.41, 5.74) is 0.417. The quantitative estimate of drug-likeness (QED) is 0.596. The van der Waals surface area contributed by atoms with Crippen LogP contribution in [0.3, 0.4) is 0 Å². The molecule has 2 aliphatic rings. The summed E-state index contributed by atoms with van der Waals surface area (Å²) < 4.78 is 0. The van der Waals surface area contributed by atoms with E-state index in [4.69, 9.17) is 0 Å². The van der Waals surface area contributed by atoms with Crippen molar-refractivity contribution in [1.29, 1.82) is 0 Å². The molecule has 1 amide bonds. The van der Waals surface area contributed by atoms with Gasteiger partial charge in [-0.25, -0.2) is 0 Å². The van der Waals surface area contributed by atoms with Gasteiger partial charge in [-0.15, -0.1) is 12.4 Å². The largest absolute Gasteiger partial charge is 0.481 e. The lowest BCUT2D eigenvalue weighted by Gasteiger charge is -2.23. The standard InChI is InChI=1S/C17H21N3O5.ClH/c1-11-7-13(20(24)25)4-5-14(11)18-15(21)9-19-8-12-3-2-6-17(12,10-19)16(22)23;/h4-5,7,12H,2-3,6,8-10H2,1H3,(H,18,21)(H,22,23);1H/t12-,17+;/m0./s1. The topological polar surface area (TPSA) is 113 Å². The van der Waals surface area contributed by atoms with Crippen molar-refractivity contribution in [2.24, 2.45) is 11.3 Å². The van der Waals surface area contributed by atoms with E-state index in [1.165, 1.54) is 18.2 Å². The zero-order valence-electron chi connectivity index (χ0n) is 14.4. The molecule has 1 saturated heterocycles. The van der Waals surface area contributed by atoms with Gasteiger partial charge in [0.15, 0.2) is 0 Å². The van der Waals surface area contributed by atoms with Gasteiger partial charge < -0.3 is 10.4 Å². The maximum absolute atomic E-state index is 12.3. The highest BCUT2D eigenvalue weighted by atomic mass is 35.5. The molecule has 8 nitrogen and oxygen atoms in total. The molecule has 26 heavy (non-hydrogen) atoms. The molecule has 142 valence electrons. The molecule has 2 fully saturated rings. The fourth-order valence-corrected chi connectivity index (χ4v) is 4.16. The number of carbonyl (C=O) groups is 2. The summed E-state index contributed by atoms with van der Waals surface area (Å²) in [5.74, 6) is -0.888. The molecule has 0 aromatic heterocycles.